The zero-order chi connectivity index (χ0) is 11.2. The summed E-state index contributed by atoms with van der Waals surface area (Å²) in [7, 11) is 1.28. The van der Waals surface area contributed by atoms with Crippen molar-refractivity contribution in [1.82, 2.24) is 10.6 Å². The van der Waals surface area contributed by atoms with Crippen LogP contribution in [-0.4, -0.2) is 31.2 Å². The number of alkyl carbamates (subject to hydrolysis) is 1. The summed E-state index contributed by atoms with van der Waals surface area (Å²) >= 11 is 0. The highest BCUT2D eigenvalue weighted by molar-refractivity contribution is 5.77. The molecule has 0 saturated heterocycles. The SMILES string of the molecule is COC(=O)NCCC(=O)NC(C)(C)C. The van der Waals surface area contributed by atoms with Crippen molar-refractivity contribution in [2.75, 3.05) is 13.7 Å². The molecule has 0 bridgehead atoms. The van der Waals surface area contributed by atoms with Crippen LogP contribution in [-0.2, 0) is 9.53 Å². The molecule has 0 aliphatic carbocycles. The lowest BCUT2D eigenvalue weighted by Crippen LogP contribution is -2.41. The Morgan fingerprint density at radius 2 is 1.86 bits per heavy atom. The lowest BCUT2D eigenvalue weighted by Gasteiger charge is -2.20. The molecule has 0 aromatic carbocycles. The van der Waals surface area contributed by atoms with Crippen molar-refractivity contribution in [1.29, 1.82) is 0 Å². The van der Waals surface area contributed by atoms with Gasteiger partial charge < -0.3 is 15.4 Å². The number of amides is 2. The summed E-state index contributed by atoms with van der Waals surface area (Å²) in [5, 5.41) is 5.21. The number of rotatable bonds is 3. The number of hydrogen-bond acceptors (Lipinski definition) is 3. The second kappa shape index (κ2) is 5.47. The molecule has 0 rings (SSSR count). The van der Waals surface area contributed by atoms with Crippen molar-refractivity contribution in [3.63, 3.8) is 0 Å². The minimum atomic E-state index is -0.520. The van der Waals surface area contributed by atoms with Crippen molar-refractivity contribution < 1.29 is 14.3 Å². The van der Waals surface area contributed by atoms with Gasteiger partial charge in [-0.05, 0) is 20.8 Å². The van der Waals surface area contributed by atoms with Gasteiger partial charge in [-0.25, -0.2) is 4.79 Å². The molecule has 5 heteroatoms. The van der Waals surface area contributed by atoms with Crippen LogP contribution in [0.2, 0.25) is 0 Å². The molecule has 0 aromatic rings. The van der Waals surface area contributed by atoms with Gasteiger partial charge in [0.05, 0.1) is 7.11 Å². The Bertz CT molecular complexity index is 209. The van der Waals surface area contributed by atoms with Gasteiger partial charge in [-0.1, -0.05) is 0 Å². The maximum atomic E-state index is 11.2. The molecule has 0 spiro atoms. The predicted octanol–water partition coefficient (Wildman–Crippen LogP) is 0.647. The Labute approximate surface area is 84.2 Å². The van der Waals surface area contributed by atoms with Gasteiger partial charge in [0.25, 0.3) is 0 Å². The van der Waals surface area contributed by atoms with Crippen molar-refractivity contribution in [3.05, 3.63) is 0 Å². The molecule has 82 valence electrons. The van der Waals surface area contributed by atoms with E-state index in [1.165, 1.54) is 7.11 Å². The van der Waals surface area contributed by atoms with Gasteiger partial charge >= 0.3 is 6.09 Å². The molecule has 2 N–H and O–H groups in total. The van der Waals surface area contributed by atoms with Gasteiger partial charge in [-0.2, -0.15) is 0 Å². The standard InChI is InChI=1S/C9H18N2O3/c1-9(2,3)11-7(12)5-6-10-8(13)14-4/h5-6H2,1-4H3,(H,10,13)(H,11,12). The van der Waals surface area contributed by atoms with E-state index < -0.39 is 6.09 Å². The van der Waals surface area contributed by atoms with Gasteiger partial charge in [0.2, 0.25) is 5.91 Å². The van der Waals surface area contributed by atoms with Crippen molar-refractivity contribution in [2.24, 2.45) is 0 Å². The third kappa shape index (κ3) is 7.39. The highest BCUT2D eigenvalue weighted by Crippen LogP contribution is 1.98. The van der Waals surface area contributed by atoms with E-state index in [2.05, 4.69) is 15.4 Å². The molecule has 14 heavy (non-hydrogen) atoms. The van der Waals surface area contributed by atoms with Gasteiger partial charge in [-0.3, -0.25) is 4.79 Å². The lowest BCUT2D eigenvalue weighted by atomic mass is 10.1. The van der Waals surface area contributed by atoms with Crippen molar-refractivity contribution >= 4 is 12.0 Å². The molecular weight excluding hydrogens is 184 g/mol. The second-order valence-corrected chi connectivity index (χ2v) is 3.97. The third-order valence-electron chi connectivity index (χ3n) is 1.32. The van der Waals surface area contributed by atoms with Gasteiger partial charge in [0.1, 0.15) is 0 Å². The molecule has 0 heterocycles. The zero-order valence-electron chi connectivity index (χ0n) is 9.14. The van der Waals surface area contributed by atoms with Gasteiger partial charge in [-0.15, -0.1) is 0 Å². The normalized spacial score (nSPS) is 10.6. The molecule has 0 saturated carbocycles. The number of ether oxygens (including phenoxy) is 1. The van der Waals surface area contributed by atoms with E-state index in [1.807, 2.05) is 20.8 Å². The Morgan fingerprint density at radius 3 is 2.29 bits per heavy atom. The zero-order valence-corrected chi connectivity index (χ0v) is 9.14. The van der Waals surface area contributed by atoms with E-state index in [-0.39, 0.29) is 24.4 Å². The minimum absolute atomic E-state index is 0.0890. The second-order valence-electron chi connectivity index (χ2n) is 3.97. The summed E-state index contributed by atoms with van der Waals surface area (Å²) in [4.78, 5) is 21.8. The average molecular weight is 202 g/mol. The van der Waals surface area contributed by atoms with Crippen LogP contribution >= 0.6 is 0 Å². The molecule has 2 amide bonds. The fourth-order valence-electron chi connectivity index (χ4n) is 0.831. The van der Waals surface area contributed by atoms with Crippen LogP contribution in [0.5, 0.6) is 0 Å². The highest BCUT2D eigenvalue weighted by Gasteiger charge is 2.13. The van der Waals surface area contributed by atoms with Crippen LogP contribution in [0.3, 0.4) is 0 Å². The fourth-order valence-corrected chi connectivity index (χ4v) is 0.831. The quantitative estimate of drug-likeness (QED) is 0.706. The number of carbonyl (C=O) groups excluding carboxylic acids is 2. The monoisotopic (exact) mass is 202 g/mol. The Kier molecular flexibility index (Phi) is 4.97. The summed E-state index contributed by atoms with van der Waals surface area (Å²) in [5.74, 6) is -0.0890. The van der Waals surface area contributed by atoms with Crippen LogP contribution < -0.4 is 10.6 Å². The first-order chi connectivity index (χ1) is 6.35. The first-order valence-corrected chi connectivity index (χ1v) is 4.48. The molecule has 5 nitrogen and oxygen atoms in total. The maximum absolute atomic E-state index is 11.2. The fraction of sp³-hybridized carbons (Fsp3) is 0.778. The number of carbonyl (C=O) groups is 2. The molecule has 0 unspecified atom stereocenters. The summed E-state index contributed by atoms with van der Waals surface area (Å²) in [6.07, 6.45) is -0.264. The first kappa shape index (κ1) is 12.7. The summed E-state index contributed by atoms with van der Waals surface area (Å²) in [6.45, 7) is 5.99. The molecule has 0 aliphatic heterocycles. The summed E-state index contributed by atoms with van der Waals surface area (Å²) in [5.41, 5.74) is -0.234. The van der Waals surface area contributed by atoms with Crippen LogP contribution in [0, 0.1) is 0 Å². The van der Waals surface area contributed by atoms with Gasteiger partial charge in [0.15, 0.2) is 0 Å². The number of nitrogens with one attached hydrogen (secondary N) is 2. The first-order valence-electron chi connectivity index (χ1n) is 4.48. The van der Waals surface area contributed by atoms with E-state index in [4.69, 9.17) is 0 Å². The van der Waals surface area contributed by atoms with Crippen molar-refractivity contribution in [3.8, 4) is 0 Å². The predicted molar refractivity (Wildman–Crippen MR) is 52.9 cm³/mol. The molecule has 0 aliphatic rings. The molecular formula is C9H18N2O3. The smallest absolute Gasteiger partial charge is 0.406 e. The Balaban J connectivity index is 3.60. The van der Waals surface area contributed by atoms with Crippen LogP contribution in [0.25, 0.3) is 0 Å². The molecule has 0 aromatic heterocycles. The number of methoxy groups -OCH3 is 1. The average Bonchev–Trinajstić information content (AvgIpc) is 2.00. The number of hydrogen-bond donors (Lipinski definition) is 2. The maximum Gasteiger partial charge on any atom is 0.406 e. The van der Waals surface area contributed by atoms with E-state index in [9.17, 15) is 9.59 Å². The van der Waals surface area contributed by atoms with E-state index in [0.717, 1.165) is 0 Å². The Hall–Kier alpha value is -1.26. The molecule has 0 atom stereocenters. The lowest BCUT2D eigenvalue weighted by molar-refractivity contribution is -0.122. The summed E-state index contributed by atoms with van der Waals surface area (Å²) in [6, 6.07) is 0. The minimum Gasteiger partial charge on any atom is -0.453 e. The van der Waals surface area contributed by atoms with Crippen molar-refractivity contribution in [2.45, 2.75) is 32.7 Å². The third-order valence-corrected chi connectivity index (χ3v) is 1.32. The van der Waals surface area contributed by atoms with E-state index in [0.29, 0.717) is 0 Å². The van der Waals surface area contributed by atoms with E-state index in [1.54, 1.807) is 0 Å². The van der Waals surface area contributed by atoms with Crippen LogP contribution in [0.1, 0.15) is 27.2 Å². The highest BCUT2D eigenvalue weighted by atomic mass is 16.5. The van der Waals surface area contributed by atoms with Crippen LogP contribution in [0.15, 0.2) is 0 Å². The van der Waals surface area contributed by atoms with Gasteiger partial charge in [0, 0.05) is 18.5 Å². The topological polar surface area (TPSA) is 67.4 Å². The van der Waals surface area contributed by atoms with Crippen LogP contribution in [0.4, 0.5) is 4.79 Å². The molecule has 0 fully saturated rings. The summed E-state index contributed by atoms with van der Waals surface area (Å²) < 4.78 is 4.35. The molecule has 0 radical (unpaired) electrons. The largest absolute Gasteiger partial charge is 0.453 e. The Morgan fingerprint density at radius 1 is 1.29 bits per heavy atom. The van der Waals surface area contributed by atoms with E-state index >= 15 is 0 Å².